The normalized spacial score (nSPS) is 10.5. The summed E-state index contributed by atoms with van der Waals surface area (Å²) in [5.74, 6) is 1.09. The second-order valence-corrected chi connectivity index (χ2v) is 5.31. The minimum absolute atomic E-state index is 0.288. The number of aryl methyl sites for hydroxylation is 1. The van der Waals surface area contributed by atoms with Crippen molar-refractivity contribution in [2.75, 3.05) is 17.6 Å². The fraction of sp³-hybridized carbons (Fsp3) is 0.353. The molecule has 0 aliphatic rings. The van der Waals surface area contributed by atoms with Crippen molar-refractivity contribution in [1.29, 1.82) is 0 Å². The monoisotopic (exact) mass is 298 g/mol. The highest BCUT2D eigenvalue weighted by Crippen LogP contribution is 2.21. The molecule has 0 amide bonds. The molecule has 1 aromatic heterocycles. The fourth-order valence-electron chi connectivity index (χ4n) is 2.28. The maximum Gasteiger partial charge on any atom is 0.222 e. The largest absolute Gasteiger partial charge is 0.370 e. The lowest BCUT2D eigenvalue weighted by Gasteiger charge is -2.14. The molecule has 0 atom stereocenters. The number of hydrogen-bond acceptors (Lipinski definition) is 5. The molecule has 22 heavy (non-hydrogen) atoms. The number of carbonyl (C=O) groups is 1. The first-order chi connectivity index (χ1) is 10.6. The molecule has 0 saturated carbocycles. The van der Waals surface area contributed by atoms with E-state index >= 15 is 0 Å². The number of nitrogens with one attached hydrogen (secondary N) is 1. The second kappa shape index (κ2) is 7.54. The van der Waals surface area contributed by atoms with Crippen LogP contribution in [0.3, 0.4) is 0 Å². The van der Waals surface area contributed by atoms with Crippen LogP contribution in [0.2, 0.25) is 0 Å². The van der Waals surface area contributed by atoms with Crippen LogP contribution >= 0.6 is 0 Å². The van der Waals surface area contributed by atoms with Crippen LogP contribution < -0.4 is 11.1 Å². The lowest BCUT2D eigenvalue weighted by atomic mass is 10.0. The predicted molar refractivity (Wildman–Crippen MR) is 89.2 cm³/mol. The summed E-state index contributed by atoms with van der Waals surface area (Å²) >= 11 is 0. The average molecular weight is 298 g/mol. The lowest BCUT2D eigenvalue weighted by Crippen LogP contribution is -2.11. The molecular formula is C17H22N4O. The predicted octanol–water partition coefficient (Wildman–Crippen LogP) is 2.98. The van der Waals surface area contributed by atoms with Crippen LogP contribution in [0.1, 0.15) is 46.9 Å². The number of hydrogen-bond donors (Lipinski definition) is 2. The van der Waals surface area contributed by atoms with E-state index in [0.717, 1.165) is 48.3 Å². The number of carbonyl (C=O) groups excluding carboxylic acids is 1. The first kappa shape index (κ1) is 15.9. The molecule has 0 bridgehead atoms. The van der Waals surface area contributed by atoms with Crippen LogP contribution in [0.15, 0.2) is 24.3 Å². The number of benzene rings is 1. The zero-order valence-electron chi connectivity index (χ0n) is 13.1. The van der Waals surface area contributed by atoms with Crippen LogP contribution in [0.5, 0.6) is 0 Å². The SMILES string of the molecule is CCCCNc1nc(N)nc(C)c1Cc1ccc(C=O)cc1. The van der Waals surface area contributed by atoms with Crippen molar-refractivity contribution < 1.29 is 4.79 Å². The molecule has 0 aliphatic carbocycles. The van der Waals surface area contributed by atoms with Gasteiger partial charge < -0.3 is 11.1 Å². The number of rotatable bonds is 7. The summed E-state index contributed by atoms with van der Waals surface area (Å²) in [7, 11) is 0. The molecular weight excluding hydrogens is 276 g/mol. The molecule has 5 nitrogen and oxygen atoms in total. The van der Waals surface area contributed by atoms with Crippen molar-refractivity contribution in [2.24, 2.45) is 0 Å². The van der Waals surface area contributed by atoms with E-state index in [2.05, 4.69) is 22.2 Å². The van der Waals surface area contributed by atoms with Crippen molar-refractivity contribution in [1.82, 2.24) is 9.97 Å². The molecule has 0 unspecified atom stereocenters. The molecule has 0 spiro atoms. The second-order valence-electron chi connectivity index (χ2n) is 5.31. The molecule has 0 radical (unpaired) electrons. The number of aldehydes is 1. The lowest BCUT2D eigenvalue weighted by molar-refractivity contribution is 0.112. The molecule has 2 rings (SSSR count). The van der Waals surface area contributed by atoms with Crippen LogP contribution in [-0.4, -0.2) is 22.8 Å². The highest BCUT2D eigenvalue weighted by atomic mass is 16.1. The Morgan fingerprint density at radius 3 is 2.59 bits per heavy atom. The Morgan fingerprint density at radius 1 is 1.23 bits per heavy atom. The number of unbranched alkanes of at least 4 members (excludes halogenated alkanes) is 1. The van der Waals surface area contributed by atoms with E-state index < -0.39 is 0 Å². The van der Waals surface area contributed by atoms with Gasteiger partial charge in [-0.2, -0.15) is 4.98 Å². The third-order valence-corrected chi connectivity index (χ3v) is 3.55. The Morgan fingerprint density at radius 2 is 1.95 bits per heavy atom. The molecule has 3 N–H and O–H groups in total. The maximum absolute atomic E-state index is 10.7. The van der Waals surface area contributed by atoms with Crippen LogP contribution in [0, 0.1) is 6.92 Å². The zero-order valence-corrected chi connectivity index (χ0v) is 13.1. The molecule has 116 valence electrons. The molecule has 0 fully saturated rings. The van der Waals surface area contributed by atoms with Crippen molar-refractivity contribution >= 4 is 18.1 Å². The van der Waals surface area contributed by atoms with Gasteiger partial charge in [-0.3, -0.25) is 4.79 Å². The molecule has 2 aromatic rings. The summed E-state index contributed by atoms with van der Waals surface area (Å²) in [5.41, 5.74) is 9.48. The summed E-state index contributed by atoms with van der Waals surface area (Å²) in [4.78, 5) is 19.3. The van der Waals surface area contributed by atoms with Crippen molar-refractivity contribution in [3.63, 3.8) is 0 Å². The fourth-order valence-corrected chi connectivity index (χ4v) is 2.28. The van der Waals surface area contributed by atoms with Gasteiger partial charge in [0.05, 0.1) is 0 Å². The van der Waals surface area contributed by atoms with Gasteiger partial charge in [0, 0.05) is 29.8 Å². The zero-order chi connectivity index (χ0) is 15.9. The molecule has 1 heterocycles. The Balaban J connectivity index is 2.25. The van der Waals surface area contributed by atoms with E-state index in [-0.39, 0.29) is 5.95 Å². The van der Waals surface area contributed by atoms with Crippen LogP contribution in [0.4, 0.5) is 11.8 Å². The van der Waals surface area contributed by atoms with Gasteiger partial charge >= 0.3 is 0 Å². The first-order valence-corrected chi connectivity index (χ1v) is 7.55. The summed E-state index contributed by atoms with van der Waals surface area (Å²) in [5, 5.41) is 3.35. The van der Waals surface area contributed by atoms with E-state index in [1.807, 2.05) is 31.2 Å². The molecule has 1 aromatic carbocycles. The summed E-state index contributed by atoms with van der Waals surface area (Å²) in [6.45, 7) is 4.96. The highest BCUT2D eigenvalue weighted by Gasteiger charge is 2.11. The maximum atomic E-state index is 10.7. The van der Waals surface area contributed by atoms with Gasteiger partial charge in [-0.1, -0.05) is 37.6 Å². The van der Waals surface area contributed by atoms with Crippen molar-refractivity contribution in [3.05, 3.63) is 46.6 Å². The molecule has 0 aliphatic heterocycles. The van der Waals surface area contributed by atoms with E-state index in [1.54, 1.807) is 0 Å². The summed E-state index contributed by atoms with van der Waals surface area (Å²) in [6, 6.07) is 7.55. The van der Waals surface area contributed by atoms with E-state index in [9.17, 15) is 4.79 Å². The van der Waals surface area contributed by atoms with Gasteiger partial charge in [-0.15, -0.1) is 0 Å². The Labute approximate surface area is 131 Å². The van der Waals surface area contributed by atoms with Crippen LogP contribution in [0.25, 0.3) is 0 Å². The average Bonchev–Trinajstić information content (AvgIpc) is 2.51. The minimum Gasteiger partial charge on any atom is -0.370 e. The molecule has 0 saturated heterocycles. The minimum atomic E-state index is 0.288. The number of anilines is 2. The van der Waals surface area contributed by atoms with Crippen molar-refractivity contribution in [3.8, 4) is 0 Å². The third-order valence-electron chi connectivity index (χ3n) is 3.55. The van der Waals surface area contributed by atoms with Gasteiger partial charge in [0.25, 0.3) is 0 Å². The van der Waals surface area contributed by atoms with Gasteiger partial charge in [-0.05, 0) is 18.9 Å². The van der Waals surface area contributed by atoms with E-state index in [0.29, 0.717) is 12.0 Å². The Hall–Kier alpha value is -2.43. The van der Waals surface area contributed by atoms with Gasteiger partial charge in [0.15, 0.2) is 0 Å². The Kier molecular flexibility index (Phi) is 5.47. The highest BCUT2D eigenvalue weighted by molar-refractivity contribution is 5.74. The molecule has 5 heteroatoms. The number of nitrogen functional groups attached to an aromatic ring is 1. The van der Waals surface area contributed by atoms with Crippen molar-refractivity contribution in [2.45, 2.75) is 33.1 Å². The topological polar surface area (TPSA) is 80.9 Å². The van der Waals surface area contributed by atoms with E-state index in [4.69, 9.17) is 5.73 Å². The van der Waals surface area contributed by atoms with E-state index in [1.165, 1.54) is 0 Å². The van der Waals surface area contributed by atoms with Crippen LogP contribution in [-0.2, 0) is 6.42 Å². The standard InChI is InChI=1S/C17H22N4O/c1-3-4-9-19-16-15(12(2)20-17(18)21-16)10-13-5-7-14(11-22)8-6-13/h5-8,11H,3-4,9-10H2,1-2H3,(H3,18,19,20,21). The van der Waals surface area contributed by atoms with Gasteiger partial charge in [0.2, 0.25) is 5.95 Å². The van der Waals surface area contributed by atoms with Gasteiger partial charge in [0.1, 0.15) is 12.1 Å². The summed E-state index contributed by atoms with van der Waals surface area (Å²) < 4.78 is 0. The first-order valence-electron chi connectivity index (χ1n) is 7.55. The number of aromatic nitrogens is 2. The number of nitrogens with two attached hydrogens (primary N) is 1. The summed E-state index contributed by atoms with van der Waals surface area (Å²) in [6.07, 6.45) is 3.75. The quantitative estimate of drug-likeness (QED) is 0.606. The Bertz CT molecular complexity index is 638. The third kappa shape index (κ3) is 4.04. The van der Waals surface area contributed by atoms with Gasteiger partial charge in [-0.25, -0.2) is 4.98 Å². The smallest absolute Gasteiger partial charge is 0.222 e. The number of nitrogens with zero attached hydrogens (tertiary/aromatic N) is 2.